The lowest BCUT2D eigenvalue weighted by molar-refractivity contribution is 0.637. The first-order chi connectivity index (χ1) is 7.26. The fourth-order valence-corrected chi connectivity index (χ4v) is 2.32. The summed E-state index contributed by atoms with van der Waals surface area (Å²) in [5.74, 6) is 2.02. The molecule has 0 spiro atoms. The Hall–Kier alpha value is -0.470. The van der Waals surface area contributed by atoms with Crippen molar-refractivity contribution < 1.29 is 0 Å². The summed E-state index contributed by atoms with van der Waals surface area (Å²) in [5, 5.41) is 0. The molecule has 0 radical (unpaired) electrons. The van der Waals surface area contributed by atoms with Gasteiger partial charge >= 0.3 is 0 Å². The van der Waals surface area contributed by atoms with Crippen molar-refractivity contribution >= 4 is 11.8 Å². The van der Waals surface area contributed by atoms with Gasteiger partial charge in [-0.2, -0.15) is 0 Å². The maximum Gasteiger partial charge on any atom is 0.00722 e. The summed E-state index contributed by atoms with van der Waals surface area (Å²) in [7, 11) is 0. The zero-order valence-electron chi connectivity index (χ0n) is 9.70. The first-order valence-electron chi connectivity index (χ1n) is 5.68. The molecule has 2 N–H and O–H groups in total. The number of hydrogen-bond acceptors (Lipinski definition) is 2. The molecular weight excluding hydrogens is 202 g/mol. The van der Waals surface area contributed by atoms with E-state index in [0.29, 0.717) is 0 Å². The van der Waals surface area contributed by atoms with Crippen LogP contribution in [0.2, 0.25) is 0 Å². The summed E-state index contributed by atoms with van der Waals surface area (Å²) >= 11 is 1.95. The van der Waals surface area contributed by atoms with E-state index in [0.717, 1.165) is 18.9 Å². The van der Waals surface area contributed by atoms with Crippen molar-refractivity contribution in [2.45, 2.75) is 31.6 Å². The maximum absolute atomic E-state index is 5.51. The second kappa shape index (κ2) is 6.91. The van der Waals surface area contributed by atoms with E-state index in [4.69, 9.17) is 5.73 Å². The van der Waals surface area contributed by atoms with Gasteiger partial charge in [0.2, 0.25) is 0 Å². The quantitative estimate of drug-likeness (QED) is 0.749. The molecule has 0 amide bonds. The Labute approximate surface area is 97.4 Å². The number of thioether (sulfide) groups is 1. The van der Waals surface area contributed by atoms with Gasteiger partial charge in [-0.05, 0) is 36.6 Å². The van der Waals surface area contributed by atoms with E-state index in [1.807, 2.05) is 11.8 Å². The zero-order chi connectivity index (χ0) is 11.1. The van der Waals surface area contributed by atoms with E-state index in [1.54, 1.807) is 0 Å². The van der Waals surface area contributed by atoms with Gasteiger partial charge in [0.25, 0.3) is 0 Å². The van der Waals surface area contributed by atoms with Gasteiger partial charge in [0.1, 0.15) is 0 Å². The van der Waals surface area contributed by atoms with Crippen LogP contribution in [0.1, 0.15) is 25.8 Å². The van der Waals surface area contributed by atoms with E-state index in [9.17, 15) is 0 Å². The molecule has 0 bridgehead atoms. The molecule has 84 valence electrons. The van der Waals surface area contributed by atoms with Crippen LogP contribution in [-0.2, 0) is 6.42 Å². The molecule has 1 nitrogen and oxygen atoms in total. The predicted molar refractivity (Wildman–Crippen MR) is 69.4 cm³/mol. The third kappa shape index (κ3) is 4.72. The summed E-state index contributed by atoms with van der Waals surface area (Å²) in [6.07, 6.45) is 2.24. The third-order valence-corrected chi connectivity index (χ3v) is 3.93. The minimum atomic E-state index is 0.735. The second-order valence-corrected chi connectivity index (χ2v) is 5.10. The Morgan fingerprint density at radius 2 is 1.93 bits per heavy atom. The first-order valence-corrected chi connectivity index (χ1v) is 6.66. The van der Waals surface area contributed by atoms with Crippen LogP contribution in [0.5, 0.6) is 0 Å². The molecule has 0 aliphatic carbocycles. The van der Waals surface area contributed by atoms with Gasteiger partial charge < -0.3 is 5.73 Å². The average Bonchev–Trinajstić information content (AvgIpc) is 2.28. The molecule has 0 saturated heterocycles. The molecule has 1 aromatic carbocycles. The van der Waals surface area contributed by atoms with E-state index < -0.39 is 0 Å². The van der Waals surface area contributed by atoms with Crippen molar-refractivity contribution in [3.8, 4) is 0 Å². The Morgan fingerprint density at radius 3 is 2.47 bits per heavy atom. The molecule has 0 saturated carbocycles. The molecule has 0 aliphatic heterocycles. The smallest absolute Gasteiger partial charge is 0.00722 e. The van der Waals surface area contributed by atoms with Crippen LogP contribution in [-0.4, -0.2) is 12.3 Å². The highest BCUT2D eigenvalue weighted by Crippen LogP contribution is 2.22. The fraction of sp³-hybridized carbons (Fsp3) is 0.538. The van der Waals surface area contributed by atoms with Gasteiger partial charge in [0, 0.05) is 10.6 Å². The minimum absolute atomic E-state index is 0.735. The Morgan fingerprint density at radius 1 is 1.27 bits per heavy atom. The van der Waals surface area contributed by atoms with Crippen LogP contribution in [0, 0.1) is 5.92 Å². The Balaban J connectivity index is 2.42. The number of hydrogen-bond donors (Lipinski definition) is 1. The normalized spacial score (nSPS) is 12.7. The highest BCUT2D eigenvalue weighted by atomic mass is 32.2. The van der Waals surface area contributed by atoms with Crippen LogP contribution in [0.3, 0.4) is 0 Å². The maximum atomic E-state index is 5.51. The second-order valence-electron chi connectivity index (χ2n) is 4.01. The van der Waals surface area contributed by atoms with Crippen LogP contribution in [0.25, 0.3) is 0 Å². The van der Waals surface area contributed by atoms with Gasteiger partial charge in [0.15, 0.2) is 0 Å². The molecule has 1 unspecified atom stereocenters. The van der Waals surface area contributed by atoms with Crippen molar-refractivity contribution in [3.63, 3.8) is 0 Å². The molecule has 0 aromatic heterocycles. The van der Waals surface area contributed by atoms with Crippen LogP contribution >= 0.6 is 11.8 Å². The molecule has 15 heavy (non-hydrogen) atoms. The van der Waals surface area contributed by atoms with Gasteiger partial charge in [-0.3, -0.25) is 0 Å². The lowest BCUT2D eigenvalue weighted by Gasteiger charge is -2.08. The lowest BCUT2D eigenvalue weighted by Crippen LogP contribution is -2.02. The van der Waals surface area contributed by atoms with E-state index in [-0.39, 0.29) is 0 Å². The van der Waals surface area contributed by atoms with Crippen LogP contribution < -0.4 is 5.73 Å². The standard InChI is InChI=1S/C13H21NS/c1-3-11(2)10-15-13-6-4-12(5-7-13)8-9-14/h4-7,11H,3,8-10,14H2,1-2H3. The summed E-state index contributed by atoms with van der Waals surface area (Å²) in [4.78, 5) is 1.37. The molecule has 1 atom stereocenters. The lowest BCUT2D eigenvalue weighted by atomic mass is 10.1. The van der Waals surface area contributed by atoms with Crippen molar-refractivity contribution in [1.82, 2.24) is 0 Å². The third-order valence-electron chi connectivity index (χ3n) is 2.59. The number of rotatable bonds is 6. The molecule has 0 fully saturated rings. The largest absolute Gasteiger partial charge is 0.330 e. The van der Waals surface area contributed by atoms with Crippen LogP contribution in [0.4, 0.5) is 0 Å². The zero-order valence-corrected chi connectivity index (χ0v) is 10.5. The van der Waals surface area contributed by atoms with E-state index in [1.165, 1.54) is 22.6 Å². The van der Waals surface area contributed by atoms with Crippen molar-refractivity contribution in [3.05, 3.63) is 29.8 Å². The van der Waals surface area contributed by atoms with Crippen molar-refractivity contribution in [1.29, 1.82) is 0 Å². The van der Waals surface area contributed by atoms with Crippen molar-refractivity contribution in [2.24, 2.45) is 11.7 Å². The van der Waals surface area contributed by atoms with Crippen molar-refractivity contribution in [2.75, 3.05) is 12.3 Å². The van der Waals surface area contributed by atoms with Gasteiger partial charge in [-0.1, -0.05) is 32.4 Å². The molecule has 0 heterocycles. The molecule has 0 aliphatic rings. The summed E-state index contributed by atoms with van der Waals surface area (Å²) < 4.78 is 0. The minimum Gasteiger partial charge on any atom is -0.330 e. The molecular formula is C13H21NS. The molecule has 1 rings (SSSR count). The molecule has 2 heteroatoms. The average molecular weight is 223 g/mol. The summed E-state index contributed by atoms with van der Waals surface area (Å²) in [6, 6.07) is 8.79. The SMILES string of the molecule is CCC(C)CSc1ccc(CCN)cc1. The van der Waals surface area contributed by atoms with Crippen LogP contribution in [0.15, 0.2) is 29.2 Å². The summed E-state index contributed by atoms with van der Waals surface area (Å²) in [5.41, 5.74) is 6.85. The number of nitrogens with two attached hydrogens (primary N) is 1. The monoisotopic (exact) mass is 223 g/mol. The fourth-order valence-electron chi connectivity index (χ4n) is 1.28. The highest BCUT2D eigenvalue weighted by molar-refractivity contribution is 7.99. The predicted octanol–water partition coefficient (Wildman–Crippen LogP) is 3.33. The van der Waals surface area contributed by atoms with Gasteiger partial charge in [-0.15, -0.1) is 11.8 Å². The highest BCUT2D eigenvalue weighted by Gasteiger charge is 2.00. The van der Waals surface area contributed by atoms with Gasteiger partial charge in [0.05, 0.1) is 0 Å². The Bertz CT molecular complexity index is 268. The summed E-state index contributed by atoms with van der Waals surface area (Å²) in [6.45, 7) is 5.28. The van der Waals surface area contributed by atoms with E-state index >= 15 is 0 Å². The molecule has 1 aromatic rings. The van der Waals surface area contributed by atoms with E-state index in [2.05, 4.69) is 38.1 Å². The first kappa shape index (κ1) is 12.6. The van der Waals surface area contributed by atoms with Gasteiger partial charge in [-0.25, -0.2) is 0 Å². The topological polar surface area (TPSA) is 26.0 Å². The number of benzene rings is 1. The Kier molecular flexibility index (Phi) is 5.81.